The Morgan fingerprint density at radius 2 is 2.27 bits per heavy atom. The van der Waals surface area contributed by atoms with Crippen LogP contribution in [0, 0.1) is 12.7 Å². The van der Waals surface area contributed by atoms with Crippen LogP contribution in [0.25, 0.3) is 11.3 Å². The number of rotatable bonds is 2. The molecule has 0 atom stereocenters. The van der Waals surface area contributed by atoms with E-state index in [2.05, 4.69) is 4.98 Å². The minimum atomic E-state index is -0.258. The van der Waals surface area contributed by atoms with Gasteiger partial charge < -0.3 is 10.2 Å². The highest BCUT2D eigenvalue weighted by Crippen LogP contribution is 2.24. The summed E-state index contributed by atoms with van der Waals surface area (Å²) < 4.78 is 18.5. The van der Waals surface area contributed by atoms with Crippen molar-refractivity contribution in [2.75, 3.05) is 0 Å². The van der Waals surface area contributed by atoms with E-state index in [1.165, 1.54) is 12.5 Å². The van der Waals surface area contributed by atoms with Crippen LogP contribution in [-0.2, 0) is 6.54 Å². The molecule has 0 aliphatic rings. The summed E-state index contributed by atoms with van der Waals surface area (Å²) in [4.78, 5) is 3.95. The fourth-order valence-electron chi connectivity index (χ4n) is 1.38. The SMILES string of the molecule is Cc1ccc(-c2ocnc2CN)cc1F. The van der Waals surface area contributed by atoms with Crippen molar-refractivity contribution >= 4 is 0 Å². The van der Waals surface area contributed by atoms with E-state index in [4.69, 9.17) is 10.2 Å². The lowest BCUT2D eigenvalue weighted by Crippen LogP contribution is -1.98. The number of hydrogen-bond acceptors (Lipinski definition) is 3. The maximum absolute atomic E-state index is 13.3. The highest BCUT2D eigenvalue weighted by atomic mass is 19.1. The molecule has 2 N–H and O–H groups in total. The third kappa shape index (κ3) is 1.76. The van der Waals surface area contributed by atoms with Gasteiger partial charge in [-0.3, -0.25) is 0 Å². The molecule has 0 aliphatic heterocycles. The van der Waals surface area contributed by atoms with Gasteiger partial charge in [-0.2, -0.15) is 0 Å². The summed E-state index contributed by atoms with van der Waals surface area (Å²) in [5.41, 5.74) is 7.39. The monoisotopic (exact) mass is 206 g/mol. The molecule has 1 heterocycles. The molecule has 1 aromatic heterocycles. The van der Waals surface area contributed by atoms with E-state index in [1.54, 1.807) is 19.1 Å². The quantitative estimate of drug-likeness (QED) is 0.819. The normalized spacial score (nSPS) is 10.6. The van der Waals surface area contributed by atoms with E-state index < -0.39 is 0 Å². The van der Waals surface area contributed by atoms with Gasteiger partial charge in [0.2, 0.25) is 0 Å². The number of hydrogen-bond donors (Lipinski definition) is 1. The predicted molar refractivity (Wildman–Crippen MR) is 54.5 cm³/mol. The first-order valence-corrected chi connectivity index (χ1v) is 4.61. The van der Waals surface area contributed by atoms with Gasteiger partial charge in [0.15, 0.2) is 12.2 Å². The molecule has 4 heteroatoms. The Bertz CT molecular complexity index is 479. The van der Waals surface area contributed by atoms with Crippen molar-refractivity contribution < 1.29 is 8.81 Å². The first-order chi connectivity index (χ1) is 7.22. The van der Waals surface area contributed by atoms with Crippen molar-refractivity contribution in [3.8, 4) is 11.3 Å². The average Bonchev–Trinajstić information content (AvgIpc) is 2.70. The van der Waals surface area contributed by atoms with Crippen LogP contribution < -0.4 is 5.73 Å². The number of halogens is 1. The summed E-state index contributed by atoms with van der Waals surface area (Å²) >= 11 is 0. The van der Waals surface area contributed by atoms with Gasteiger partial charge in [0.05, 0.1) is 0 Å². The first kappa shape index (κ1) is 9.86. The lowest BCUT2D eigenvalue weighted by atomic mass is 10.1. The Balaban J connectivity index is 2.50. The Morgan fingerprint density at radius 1 is 1.47 bits per heavy atom. The molecule has 0 radical (unpaired) electrons. The molecule has 0 bridgehead atoms. The lowest BCUT2D eigenvalue weighted by Gasteiger charge is -2.01. The summed E-state index contributed by atoms with van der Waals surface area (Å²) in [5.74, 6) is 0.281. The maximum atomic E-state index is 13.3. The highest BCUT2D eigenvalue weighted by Gasteiger charge is 2.10. The Labute approximate surface area is 86.7 Å². The van der Waals surface area contributed by atoms with Crippen LogP contribution in [0.1, 0.15) is 11.3 Å². The van der Waals surface area contributed by atoms with Crippen molar-refractivity contribution in [1.82, 2.24) is 4.98 Å². The molecule has 78 valence electrons. The van der Waals surface area contributed by atoms with Gasteiger partial charge in [0, 0.05) is 12.1 Å². The summed E-state index contributed by atoms with van der Waals surface area (Å²) in [5, 5.41) is 0. The predicted octanol–water partition coefficient (Wildman–Crippen LogP) is 2.25. The van der Waals surface area contributed by atoms with E-state index in [9.17, 15) is 4.39 Å². The number of oxazole rings is 1. The lowest BCUT2D eigenvalue weighted by molar-refractivity contribution is 0.568. The summed E-state index contributed by atoms with van der Waals surface area (Å²) in [6, 6.07) is 4.92. The van der Waals surface area contributed by atoms with Gasteiger partial charge in [-0.25, -0.2) is 9.37 Å². The highest BCUT2D eigenvalue weighted by molar-refractivity contribution is 5.60. The van der Waals surface area contributed by atoms with Crippen molar-refractivity contribution in [1.29, 1.82) is 0 Å². The zero-order valence-corrected chi connectivity index (χ0v) is 8.33. The van der Waals surface area contributed by atoms with Crippen LogP contribution in [0.3, 0.4) is 0 Å². The fraction of sp³-hybridized carbons (Fsp3) is 0.182. The summed E-state index contributed by atoms with van der Waals surface area (Å²) in [6.45, 7) is 1.99. The second-order valence-corrected chi connectivity index (χ2v) is 3.30. The van der Waals surface area contributed by atoms with Crippen molar-refractivity contribution in [2.45, 2.75) is 13.5 Å². The largest absolute Gasteiger partial charge is 0.443 e. The Hall–Kier alpha value is -1.68. The smallest absolute Gasteiger partial charge is 0.181 e. The third-order valence-electron chi connectivity index (χ3n) is 2.27. The number of nitrogens with zero attached hydrogens (tertiary/aromatic N) is 1. The molecular weight excluding hydrogens is 195 g/mol. The van der Waals surface area contributed by atoms with Gasteiger partial charge in [0.1, 0.15) is 11.5 Å². The second-order valence-electron chi connectivity index (χ2n) is 3.30. The minimum Gasteiger partial charge on any atom is -0.443 e. The molecule has 0 amide bonds. The molecule has 2 aromatic rings. The van der Waals surface area contributed by atoms with E-state index in [0.717, 1.165) is 0 Å². The number of benzene rings is 1. The van der Waals surface area contributed by atoms with Crippen molar-refractivity contribution in [3.63, 3.8) is 0 Å². The standard InChI is InChI=1S/C11H11FN2O/c1-7-2-3-8(4-9(7)12)11-10(5-13)14-6-15-11/h2-4,6H,5,13H2,1H3. The van der Waals surface area contributed by atoms with E-state index >= 15 is 0 Å². The van der Waals surface area contributed by atoms with Crippen LogP contribution in [0.5, 0.6) is 0 Å². The maximum Gasteiger partial charge on any atom is 0.181 e. The summed E-state index contributed by atoms with van der Waals surface area (Å²) in [6.07, 6.45) is 1.31. The van der Waals surface area contributed by atoms with Crippen LogP contribution in [0.15, 0.2) is 29.0 Å². The van der Waals surface area contributed by atoms with Gasteiger partial charge in [-0.15, -0.1) is 0 Å². The fourth-order valence-corrected chi connectivity index (χ4v) is 1.38. The average molecular weight is 206 g/mol. The minimum absolute atomic E-state index is 0.258. The van der Waals surface area contributed by atoms with E-state index in [0.29, 0.717) is 22.6 Å². The molecule has 0 aliphatic carbocycles. The van der Waals surface area contributed by atoms with Crippen LogP contribution in [0.4, 0.5) is 4.39 Å². The van der Waals surface area contributed by atoms with Crippen molar-refractivity contribution in [2.24, 2.45) is 5.73 Å². The van der Waals surface area contributed by atoms with E-state index in [-0.39, 0.29) is 12.4 Å². The molecule has 0 saturated heterocycles. The molecule has 3 nitrogen and oxygen atoms in total. The molecule has 0 fully saturated rings. The van der Waals surface area contributed by atoms with Crippen LogP contribution >= 0.6 is 0 Å². The Morgan fingerprint density at radius 3 is 2.93 bits per heavy atom. The zero-order valence-electron chi connectivity index (χ0n) is 8.33. The van der Waals surface area contributed by atoms with Gasteiger partial charge in [-0.1, -0.05) is 12.1 Å². The molecule has 15 heavy (non-hydrogen) atoms. The third-order valence-corrected chi connectivity index (χ3v) is 2.27. The number of aryl methyl sites for hydroxylation is 1. The molecule has 0 spiro atoms. The topological polar surface area (TPSA) is 52.0 Å². The molecule has 1 aromatic carbocycles. The van der Waals surface area contributed by atoms with E-state index in [1.807, 2.05) is 0 Å². The Kier molecular flexibility index (Phi) is 2.51. The molecule has 2 rings (SSSR count). The van der Waals surface area contributed by atoms with Gasteiger partial charge >= 0.3 is 0 Å². The van der Waals surface area contributed by atoms with Crippen LogP contribution in [0.2, 0.25) is 0 Å². The van der Waals surface area contributed by atoms with Crippen LogP contribution in [-0.4, -0.2) is 4.98 Å². The number of aromatic nitrogens is 1. The van der Waals surface area contributed by atoms with Gasteiger partial charge in [0.25, 0.3) is 0 Å². The zero-order chi connectivity index (χ0) is 10.8. The first-order valence-electron chi connectivity index (χ1n) is 4.61. The molecule has 0 unspecified atom stereocenters. The molecule has 0 saturated carbocycles. The summed E-state index contributed by atoms with van der Waals surface area (Å²) in [7, 11) is 0. The van der Waals surface area contributed by atoms with Gasteiger partial charge in [-0.05, 0) is 18.6 Å². The number of nitrogens with two attached hydrogens (primary N) is 1. The second kappa shape index (κ2) is 3.82. The van der Waals surface area contributed by atoms with Crippen molar-refractivity contribution in [3.05, 3.63) is 41.7 Å². The molecular formula is C11H11FN2O.